The van der Waals surface area contributed by atoms with E-state index in [1.165, 1.54) is 5.57 Å². The first kappa shape index (κ1) is 14.0. The van der Waals surface area contributed by atoms with Crippen molar-refractivity contribution in [3.05, 3.63) is 41.1 Å². The summed E-state index contributed by atoms with van der Waals surface area (Å²) in [5.41, 5.74) is 1.94. The molecule has 0 saturated carbocycles. The zero-order valence-electron chi connectivity index (χ0n) is 11.6. The van der Waals surface area contributed by atoms with Crippen molar-refractivity contribution in [3.63, 3.8) is 0 Å². The van der Waals surface area contributed by atoms with Crippen molar-refractivity contribution in [1.29, 1.82) is 0 Å². The summed E-state index contributed by atoms with van der Waals surface area (Å²) in [6.07, 6.45) is 4.93. The molecular formula is C15H17N3O2S. The van der Waals surface area contributed by atoms with Crippen molar-refractivity contribution in [1.82, 2.24) is 15.6 Å². The number of oxazole rings is 1. The summed E-state index contributed by atoms with van der Waals surface area (Å²) < 4.78 is 5.40. The van der Waals surface area contributed by atoms with Crippen LogP contribution >= 0.6 is 11.3 Å². The Morgan fingerprint density at radius 1 is 1.52 bits per heavy atom. The fourth-order valence-corrected chi connectivity index (χ4v) is 2.83. The molecule has 21 heavy (non-hydrogen) atoms. The second-order valence-electron chi connectivity index (χ2n) is 4.89. The zero-order valence-corrected chi connectivity index (χ0v) is 12.4. The van der Waals surface area contributed by atoms with Crippen LogP contribution in [0.25, 0.3) is 10.8 Å². The summed E-state index contributed by atoms with van der Waals surface area (Å²) in [5.74, 6) is 0.550. The minimum atomic E-state index is -0.0273. The van der Waals surface area contributed by atoms with Gasteiger partial charge in [0.25, 0.3) is 0 Å². The number of carbonyl (C=O) groups excluding carboxylic acids is 1. The monoisotopic (exact) mass is 303 g/mol. The first-order valence-corrected chi connectivity index (χ1v) is 7.83. The van der Waals surface area contributed by atoms with E-state index >= 15 is 0 Å². The number of amides is 1. The molecule has 0 bridgehead atoms. The topological polar surface area (TPSA) is 67.2 Å². The highest BCUT2D eigenvalue weighted by molar-refractivity contribution is 7.13. The highest BCUT2D eigenvalue weighted by Gasteiger charge is 2.11. The maximum atomic E-state index is 11.9. The Morgan fingerprint density at radius 3 is 3.24 bits per heavy atom. The van der Waals surface area contributed by atoms with Gasteiger partial charge in [-0.2, -0.15) is 0 Å². The van der Waals surface area contributed by atoms with Crippen LogP contribution < -0.4 is 10.6 Å². The smallest absolute Gasteiger partial charge is 0.236 e. The molecule has 6 heteroatoms. The SMILES string of the molecule is O=C(Cc1coc(-c2cccs2)n1)NCC1=CCNCC1. The summed E-state index contributed by atoms with van der Waals surface area (Å²) in [4.78, 5) is 17.2. The maximum Gasteiger partial charge on any atom is 0.236 e. The minimum Gasteiger partial charge on any atom is -0.444 e. The molecule has 3 rings (SSSR count). The maximum absolute atomic E-state index is 11.9. The van der Waals surface area contributed by atoms with E-state index in [9.17, 15) is 4.79 Å². The summed E-state index contributed by atoms with van der Waals surface area (Å²) in [6, 6.07) is 3.90. The number of hydrogen-bond donors (Lipinski definition) is 2. The standard InChI is InChI=1S/C15H17N3O2S/c19-14(17-9-11-3-5-16-6-4-11)8-12-10-20-15(18-12)13-2-1-7-21-13/h1-3,7,10,16H,4-6,8-9H2,(H,17,19). The molecule has 0 aromatic carbocycles. The van der Waals surface area contributed by atoms with Crippen LogP contribution in [0.2, 0.25) is 0 Å². The molecule has 5 nitrogen and oxygen atoms in total. The Balaban J connectivity index is 1.52. The lowest BCUT2D eigenvalue weighted by atomic mass is 10.1. The molecule has 0 radical (unpaired) electrons. The van der Waals surface area contributed by atoms with Gasteiger partial charge >= 0.3 is 0 Å². The Bertz CT molecular complexity index is 631. The van der Waals surface area contributed by atoms with E-state index in [0.717, 1.165) is 24.4 Å². The minimum absolute atomic E-state index is 0.0273. The molecule has 1 amide bonds. The quantitative estimate of drug-likeness (QED) is 0.829. The molecular weight excluding hydrogens is 286 g/mol. The van der Waals surface area contributed by atoms with Gasteiger partial charge in [0.05, 0.1) is 17.0 Å². The second kappa shape index (κ2) is 6.69. The van der Waals surface area contributed by atoms with Gasteiger partial charge in [-0.15, -0.1) is 11.3 Å². The Hall–Kier alpha value is -1.92. The van der Waals surface area contributed by atoms with Gasteiger partial charge in [0, 0.05) is 13.1 Å². The van der Waals surface area contributed by atoms with Crippen LogP contribution in [-0.4, -0.2) is 30.5 Å². The van der Waals surface area contributed by atoms with Gasteiger partial charge in [0.15, 0.2) is 0 Å². The van der Waals surface area contributed by atoms with Gasteiger partial charge in [-0.05, 0) is 24.4 Å². The molecule has 1 aliphatic heterocycles. The Kier molecular flexibility index (Phi) is 4.47. The van der Waals surface area contributed by atoms with Crippen molar-refractivity contribution in [2.24, 2.45) is 0 Å². The highest BCUT2D eigenvalue weighted by atomic mass is 32.1. The van der Waals surface area contributed by atoms with E-state index in [1.54, 1.807) is 17.6 Å². The Morgan fingerprint density at radius 2 is 2.48 bits per heavy atom. The van der Waals surface area contributed by atoms with Crippen molar-refractivity contribution < 1.29 is 9.21 Å². The van der Waals surface area contributed by atoms with Crippen LogP contribution in [0.15, 0.2) is 39.8 Å². The zero-order chi connectivity index (χ0) is 14.5. The first-order chi connectivity index (χ1) is 10.3. The van der Waals surface area contributed by atoms with Crippen molar-refractivity contribution in [2.75, 3.05) is 19.6 Å². The average molecular weight is 303 g/mol. The van der Waals surface area contributed by atoms with Crippen LogP contribution in [0, 0.1) is 0 Å². The summed E-state index contributed by atoms with van der Waals surface area (Å²) >= 11 is 1.57. The molecule has 3 heterocycles. The van der Waals surface area contributed by atoms with E-state index in [0.29, 0.717) is 18.1 Å². The van der Waals surface area contributed by atoms with Gasteiger partial charge in [-0.25, -0.2) is 4.98 Å². The normalized spacial score (nSPS) is 14.8. The number of aromatic nitrogens is 1. The van der Waals surface area contributed by atoms with Gasteiger partial charge < -0.3 is 15.1 Å². The molecule has 2 N–H and O–H groups in total. The van der Waals surface area contributed by atoms with Crippen LogP contribution in [0.5, 0.6) is 0 Å². The fourth-order valence-electron chi connectivity index (χ4n) is 2.17. The number of nitrogens with one attached hydrogen (secondary N) is 2. The third kappa shape index (κ3) is 3.80. The molecule has 0 aliphatic carbocycles. The van der Waals surface area contributed by atoms with Gasteiger partial charge in [-0.3, -0.25) is 4.79 Å². The predicted octanol–water partition coefficient (Wildman–Crippen LogP) is 1.98. The first-order valence-electron chi connectivity index (χ1n) is 6.95. The molecule has 2 aromatic heterocycles. The summed E-state index contributed by atoms with van der Waals surface area (Å²) in [6.45, 7) is 2.49. The lowest BCUT2D eigenvalue weighted by molar-refractivity contribution is -0.120. The third-order valence-corrected chi connectivity index (χ3v) is 4.15. The largest absolute Gasteiger partial charge is 0.444 e. The molecule has 110 valence electrons. The average Bonchev–Trinajstić information content (AvgIpc) is 3.17. The molecule has 2 aromatic rings. The molecule has 1 aliphatic rings. The van der Waals surface area contributed by atoms with Crippen LogP contribution in [0.3, 0.4) is 0 Å². The van der Waals surface area contributed by atoms with Crippen LogP contribution in [-0.2, 0) is 11.2 Å². The second-order valence-corrected chi connectivity index (χ2v) is 5.84. The third-order valence-electron chi connectivity index (χ3n) is 3.30. The fraction of sp³-hybridized carbons (Fsp3) is 0.333. The van der Waals surface area contributed by atoms with E-state index in [4.69, 9.17) is 4.42 Å². The van der Waals surface area contributed by atoms with E-state index in [-0.39, 0.29) is 12.3 Å². The molecule has 0 atom stereocenters. The highest BCUT2D eigenvalue weighted by Crippen LogP contribution is 2.23. The number of carbonyl (C=O) groups is 1. The molecule has 0 unspecified atom stereocenters. The molecule has 0 fully saturated rings. The number of thiophene rings is 1. The van der Waals surface area contributed by atoms with E-state index in [2.05, 4.69) is 21.7 Å². The summed E-state index contributed by atoms with van der Waals surface area (Å²) in [7, 11) is 0. The van der Waals surface area contributed by atoms with Crippen molar-refractivity contribution >= 4 is 17.2 Å². The van der Waals surface area contributed by atoms with Crippen LogP contribution in [0.1, 0.15) is 12.1 Å². The van der Waals surface area contributed by atoms with E-state index < -0.39 is 0 Å². The van der Waals surface area contributed by atoms with Gasteiger partial charge in [0.2, 0.25) is 11.8 Å². The molecule has 0 spiro atoms. The number of hydrogen-bond acceptors (Lipinski definition) is 5. The van der Waals surface area contributed by atoms with Crippen molar-refractivity contribution in [3.8, 4) is 10.8 Å². The number of nitrogens with zero attached hydrogens (tertiary/aromatic N) is 1. The van der Waals surface area contributed by atoms with Gasteiger partial charge in [-0.1, -0.05) is 17.7 Å². The summed E-state index contributed by atoms with van der Waals surface area (Å²) in [5, 5.41) is 8.15. The van der Waals surface area contributed by atoms with E-state index in [1.807, 2.05) is 17.5 Å². The van der Waals surface area contributed by atoms with Gasteiger partial charge in [0.1, 0.15) is 6.26 Å². The molecule has 0 saturated heterocycles. The number of rotatable bonds is 5. The lowest BCUT2D eigenvalue weighted by Crippen LogP contribution is -2.30. The van der Waals surface area contributed by atoms with Crippen molar-refractivity contribution in [2.45, 2.75) is 12.8 Å². The van der Waals surface area contributed by atoms with Crippen LogP contribution in [0.4, 0.5) is 0 Å². The Labute approximate surface area is 127 Å². The predicted molar refractivity (Wildman–Crippen MR) is 82.1 cm³/mol. The lowest BCUT2D eigenvalue weighted by Gasteiger charge is -2.14.